The van der Waals surface area contributed by atoms with Crippen LogP contribution < -0.4 is 0 Å². The van der Waals surface area contributed by atoms with Crippen LogP contribution in [-0.4, -0.2) is 34.4 Å². The van der Waals surface area contributed by atoms with Crippen molar-refractivity contribution in [2.45, 2.75) is 33.0 Å². The fourth-order valence-electron chi connectivity index (χ4n) is 0.761. The quantitative estimate of drug-likeness (QED) is 0.374. The van der Waals surface area contributed by atoms with Gasteiger partial charge in [-0.25, -0.2) is 9.78 Å². The van der Waals surface area contributed by atoms with Gasteiger partial charge in [-0.2, -0.15) is 0 Å². The van der Waals surface area contributed by atoms with E-state index in [0.29, 0.717) is 0 Å². The van der Waals surface area contributed by atoms with Crippen LogP contribution in [0.5, 0.6) is 0 Å². The van der Waals surface area contributed by atoms with Crippen molar-refractivity contribution in [1.82, 2.24) is 0 Å². The minimum atomic E-state index is -1.62. The Morgan fingerprint density at radius 1 is 1.00 bits per heavy atom. The summed E-state index contributed by atoms with van der Waals surface area (Å²) in [5, 5.41) is 17.1. The zero-order chi connectivity index (χ0) is 11.3. The summed E-state index contributed by atoms with van der Waals surface area (Å²) in [6.45, 7) is 4.70. The van der Waals surface area contributed by atoms with Crippen molar-refractivity contribution in [2.24, 2.45) is 5.92 Å². The second-order valence-corrected chi connectivity index (χ2v) is 3.10. The maximum absolute atomic E-state index is 10.5. The first kappa shape index (κ1) is 12.9. The smallest absolute Gasteiger partial charge is 0.320 e. The van der Waals surface area contributed by atoms with Crippen molar-refractivity contribution in [3.05, 3.63) is 0 Å². The van der Waals surface area contributed by atoms with E-state index in [1.807, 2.05) is 0 Å². The Hall–Kier alpha value is -1.14. The molecule has 0 aliphatic heterocycles. The Morgan fingerprint density at radius 2 is 1.43 bits per heavy atom. The first-order valence-corrected chi connectivity index (χ1v) is 4.14. The van der Waals surface area contributed by atoms with E-state index in [9.17, 15) is 9.59 Å². The number of aliphatic carboxylic acids is 2. The van der Waals surface area contributed by atoms with E-state index in [1.165, 1.54) is 6.92 Å². The lowest BCUT2D eigenvalue weighted by Crippen LogP contribution is -2.35. The summed E-state index contributed by atoms with van der Waals surface area (Å²) in [6, 6.07) is 0. The van der Waals surface area contributed by atoms with Crippen molar-refractivity contribution < 1.29 is 29.6 Å². The van der Waals surface area contributed by atoms with Gasteiger partial charge in [0.15, 0.2) is 5.92 Å². The van der Waals surface area contributed by atoms with Gasteiger partial charge >= 0.3 is 11.9 Å². The second kappa shape index (κ2) is 5.56. The second-order valence-electron chi connectivity index (χ2n) is 3.10. The molecule has 6 heteroatoms. The molecule has 0 amide bonds. The lowest BCUT2D eigenvalue weighted by atomic mass is 10.1. The Kier molecular flexibility index (Phi) is 5.11. The van der Waals surface area contributed by atoms with Crippen LogP contribution in [-0.2, 0) is 19.4 Å². The van der Waals surface area contributed by atoms with Crippen molar-refractivity contribution in [2.75, 3.05) is 0 Å². The third-order valence-corrected chi connectivity index (χ3v) is 1.40. The van der Waals surface area contributed by atoms with Gasteiger partial charge in [0.1, 0.15) is 6.10 Å². The molecular weight excluding hydrogens is 192 g/mol. The number of hydrogen-bond donors (Lipinski definition) is 2. The summed E-state index contributed by atoms with van der Waals surface area (Å²) in [5.41, 5.74) is 0. The molecule has 1 atom stereocenters. The number of carboxylic acids is 2. The zero-order valence-corrected chi connectivity index (χ0v) is 8.26. The maximum Gasteiger partial charge on any atom is 0.320 e. The van der Waals surface area contributed by atoms with Gasteiger partial charge in [-0.1, -0.05) is 0 Å². The number of carbonyl (C=O) groups is 2. The summed E-state index contributed by atoms with van der Waals surface area (Å²) in [7, 11) is 0. The third-order valence-electron chi connectivity index (χ3n) is 1.40. The molecule has 0 spiro atoms. The molecule has 0 radical (unpaired) electrons. The molecule has 14 heavy (non-hydrogen) atoms. The van der Waals surface area contributed by atoms with Gasteiger partial charge in [0.2, 0.25) is 0 Å². The average molecular weight is 206 g/mol. The van der Waals surface area contributed by atoms with Gasteiger partial charge in [-0.3, -0.25) is 9.59 Å². The van der Waals surface area contributed by atoms with Crippen LogP contribution in [0.4, 0.5) is 0 Å². The number of hydrogen-bond acceptors (Lipinski definition) is 4. The van der Waals surface area contributed by atoms with E-state index < -0.39 is 24.0 Å². The van der Waals surface area contributed by atoms with Gasteiger partial charge in [-0.15, -0.1) is 0 Å². The van der Waals surface area contributed by atoms with Gasteiger partial charge in [0.25, 0.3) is 0 Å². The molecule has 0 aliphatic rings. The summed E-state index contributed by atoms with van der Waals surface area (Å²) >= 11 is 0. The highest BCUT2D eigenvalue weighted by Gasteiger charge is 2.33. The molecule has 0 aromatic rings. The standard InChI is InChI=1S/C8H14O6/c1-4(2)13-14-5(3)6(7(9)10)8(11)12/h4-6H,1-3H3,(H,9,10)(H,11,12). The number of carboxylic acid groups (broad SMARTS) is 2. The maximum atomic E-state index is 10.5. The Bertz CT molecular complexity index is 198. The molecule has 0 aromatic carbocycles. The first-order chi connectivity index (χ1) is 6.36. The van der Waals surface area contributed by atoms with Crippen LogP contribution >= 0.6 is 0 Å². The minimum Gasteiger partial charge on any atom is -0.481 e. The van der Waals surface area contributed by atoms with Crippen LogP contribution in [0.1, 0.15) is 20.8 Å². The first-order valence-electron chi connectivity index (χ1n) is 4.14. The van der Waals surface area contributed by atoms with Crippen LogP contribution in [0.2, 0.25) is 0 Å². The Balaban J connectivity index is 4.23. The van der Waals surface area contributed by atoms with Gasteiger partial charge in [0.05, 0.1) is 6.10 Å². The molecule has 0 heterocycles. The highest BCUT2D eigenvalue weighted by Crippen LogP contribution is 2.10. The highest BCUT2D eigenvalue weighted by molar-refractivity contribution is 5.93. The minimum absolute atomic E-state index is 0.249. The molecule has 0 bridgehead atoms. The summed E-state index contributed by atoms with van der Waals surface area (Å²) < 4.78 is 0. The molecular formula is C8H14O6. The molecule has 0 aromatic heterocycles. The van der Waals surface area contributed by atoms with Crippen LogP contribution in [0.15, 0.2) is 0 Å². The van der Waals surface area contributed by atoms with E-state index in [2.05, 4.69) is 9.78 Å². The lowest BCUT2D eigenvalue weighted by Gasteiger charge is -2.17. The van der Waals surface area contributed by atoms with E-state index >= 15 is 0 Å². The molecule has 0 aliphatic carbocycles. The number of rotatable bonds is 6. The predicted molar refractivity (Wildman–Crippen MR) is 45.5 cm³/mol. The van der Waals surface area contributed by atoms with Crippen LogP contribution in [0.25, 0.3) is 0 Å². The molecule has 1 unspecified atom stereocenters. The average Bonchev–Trinajstić information content (AvgIpc) is 1.99. The van der Waals surface area contributed by atoms with E-state index in [-0.39, 0.29) is 6.10 Å². The van der Waals surface area contributed by atoms with Crippen LogP contribution in [0, 0.1) is 5.92 Å². The normalized spacial score (nSPS) is 13.2. The fraction of sp³-hybridized carbons (Fsp3) is 0.750. The predicted octanol–water partition coefficient (Wildman–Crippen LogP) is 0.517. The largest absolute Gasteiger partial charge is 0.481 e. The fourth-order valence-corrected chi connectivity index (χ4v) is 0.761. The molecule has 82 valence electrons. The van der Waals surface area contributed by atoms with E-state index in [4.69, 9.17) is 10.2 Å². The molecule has 6 nitrogen and oxygen atoms in total. The molecule has 2 N–H and O–H groups in total. The van der Waals surface area contributed by atoms with E-state index in [1.54, 1.807) is 13.8 Å². The Labute approximate surface area is 81.4 Å². The molecule has 0 saturated heterocycles. The molecule has 0 saturated carbocycles. The Morgan fingerprint density at radius 3 is 1.71 bits per heavy atom. The van der Waals surface area contributed by atoms with Crippen LogP contribution in [0.3, 0.4) is 0 Å². The SMILES string of the molecule is CC(C)OOC(C)C(C(=O)O)C(=O)O. The molecule has 0 fully saturated rings. The highest BCUT2D eigenvalue weighted by atomic mass is 17.2. The topological polar surface area (TPSA) is 93.1 Å². The van der Waals surface area contributed by atoms with Gasteiger partial charge in [0, 0.05) is 0 Å². The van der Waals surface area contributed by atoms with Crippen molar-refractivity contribution in [3.8, 4) is 0 Å². The summed E-state index contributed by atoms with van der Waals surface area (Å²) in [4.78, 5) is 30.3. The van der Waals surface area contributed by atoms with Gasteiger partial charge < -0.3 is 10.2 Å². The zero-order valence-electron chi connectivity index (χ0n) is 8.26. The summed E-state index contributed by atoms with van der Waals surface area (Å²) in [5.74, 6) is -4.51. The third kappa shape index (κ3) is 4.20. The van der Waals surface area contributed by atoms with Crippen molar-refractivity contribution >= 4 is 11.9 Å². The lowest BCUT2D eigenvalue weighted by molar-refractivity contribution is -0.346. The summed E-state index contributed by atoms with van der Waals surface area (Å²) in [6.07, 6.45) is -1.28. The van der Waals surface area contributed by atoms with Crippen molar-refractivity contribution in [1.29, 1.82) is 0 Å². The van der Waals surface area contributed by atoms with Gasteiger partial charge in [-0.05, 0) is 20.8 Å². The van der Waals surface area contributed by atoms with Crippen molar-refractivity contribution in [3.63, 3.8) is 0 Å². The monoisotopic (exact) mass is 206 g/mol. The molecule has 0 rings (SSSR count). The van der Waals surface area contributed by atoms with E-state index in [0.717, 1.165) is 0 Å².